The lowest BCUT2D eigenvalue weighted by molar-refractivity contribution is 0.589. The summed E-state index contributed by atoms with van der Waals surface area (Å²) in [5, 5.41) is 2.95. The van der Waals surface area contributed by atoms with Crippen LogP contribution in [0.3, 0.4) is 0 Å². The third-order valence-corrected chi connectivity index (χ3v) is 2.94. The SMILES string of the molecule is CNCc1ccnc(N(C)Cc2ccccc2)c1F. The summed E-state index contributed by atoms with van der Waals surface area (Å²) in [7, 11) is 3.65. The zero-order chi connectivity index (χ0) is 13.7. The van der Waals surface area contributed by atoms with Crippen LogP contribution in [0.4, 0.5) is 10.2 Å². The summed E-state index contributed by atoms with van der Waals surface area (Å²) in [5.74, 6) is 0.131. The Bertz CT molecular complexity index is 528. The van der Waals surface area contributed by atoms with Gasteiger partial charge in [-0.05, 0) is 18.7 Å². The fourth-order valence-corrected chi connectivity index (χ4v) is 2.00. The molecule has 0 atom stereocenters. The van der Waals surface area contributed by atoms with Crippen molar-refractivity contribution in [1.29, 1.82) is 0 Å². The van der Waals surface area contributed by atoms with Crippen LogP contribution in [0.5, 0.6) is 0 Å². The number of halogens is 1. The fourth-order valence-electron chi connectivity index (χ4n) is 2.00. The van der Waals surface area contributed by atoms with E-state index in [1.165, 1.54) is 0 Å². The first-order valence-corrected chi connectivity index (χ1v) is 6.25. The molecule has 2 rings (SSSR count). The van der Waals surface area contributed by atoms with Crippen LogP contribution in [0, 0.1) is 5.82 Å². The highest BCUT2D eigenvalue weighted by Gasteiger charge is 2.13. The van der Waals surface area contributed by atoms with Gasteiger partial charge < -0.3 is 10.2 Å². The van der Waals surface area contributed by atoms with E-state index in [9.17, 15) is 4.39 Å². The predicted molar refractivity (Wildman–Crippen MR) is 75.5 cm³/mol. The zero-order valence-electron chi connectivity index (χ0n) is 11.2. The Labute approximate surface area is 113 Å². The molecule has 1 aromatic carbocycles. The highest BCUT2D eigenvalue weighted by Crippen LogP contribution is 2.19. The lowest BCUT2D eigenvalue weighted by Crippen LogP contribution is -2.20. The van der Waals surface area contributed by atoms with Crippen LogP contribution in [-0.2, 0) is 13.1 Å². The number of hydrogen-bond acceptors (Lipinski definition) is 3. The van der Waals surface area contributed by atoms with Crippen LogP contribution in [-0.4, -0.2) is 19.1 Å². The van der Waals surface area contributed by atoms with Gasteiger partial charge in [-0.1, -0.05) is 30.3 Å². The van der Waals surface area contributed by atoms with Gasteiger partial charge in [0.05, 0.1) is 0 Å². The van der Waals surface area contributed by atoms with Gasteiger partial charge in [0.25, 0.3) is 0 Å². The molecule has 0 aliphatic carbocycles. The Morgan fingerprint density at radius 2 is 1.95 bits per heavy atom. The molecule has 19 heavy (non-hydrogen) atoms. The molecule has 0 bridgehead atoms. The zero-order valence-corrected chi connectivity index (χ0v) is 11.2. The van der Waals surface area contributed by atoms with E-state index in [2.05, 4.69) is 10.3 Å². The quantitative estimate of drug-likeness (QED) is 0.894. The van der Waals surface area contributed by atoms with Gasteiger partial charge in [-0.25, -0.2) is 9.37 Å². The Hall–Kier alpha value is -1.94. The van der Waals surface area contributed by atoms with Crippen molar-refractivity contribution in [1.82, 2.24) is 10.3 Å². The highest BCUT2D eigenvalue weighted by atomic mass is 19.1. The first-order chi connectivity index (χ1) is 9.22. The van der Waals surface area contributed by atoms with Gasteiger partial charge in [-0.15, -0.1) is 0 Å². The number of hydrogen-bond donors (Lipinski definition) is 1. The van der Waals surface area contributed by atoms with Crippen molar-refractivity contribution in [3.05, 3.63) is 59.5 Å². The van der Waals surface area contributed by atoms with Crippen LogP contribution < -0.4 is 10.2 Å². The minimum Gasteiger partial charge on any atom is -0.353 e. The van der Waals surface area contributed by atoms with Gasteiger partial charge in [0.1, 0.15) is 0 Å². The van der Waals surface area contributed by atoms with Crippen LogP contribution in [0.15, 0.2) is 42.6 Å². The standard InChI is InChI=1S/C15H18FN3/c1-17-10-13-8-9-18-15(14(13)16)19(2)11-12-6-4-3-5-7-12/h3-9,17H,10-11H2,1-2H3. The monoisotopic (exact) mass is 259 g/mol. The Kier molecular flexibility index (Phi) is 4.47. The second-order valence-electron chi connectivity index (χ2n) is 4.48. The molecular weight excluding hydrogens is 241 g/mol. The lowest BCUT2D eigenvalue weighted by atomic mass is 10.2. The van der Waals surface area contributed by atoms with Gasteiger partial charge in [0.15, 0.2) is 11.6 Å². The van der Waals surface area contributed by atoms with E-state index >= 15 is 0 Å². The van der Waals surface area contributed by atoms with Crippen molar-refractivity contribution < 1.29 is 4.39 Å². The second-order valence-corrected chi connectivity index (χ2v) is 4.48. The number of nitrogens with one attached hydrogen (secondary N) is 1. The number of pyridine rings is 1. The Balaban J connectivity index is 2.19. The molecule has 1 N–H and O–H groups in total. The van der Waals surface area contributed by atoms with Crippen molar-refractivity contribution in [3.63, 3.8) is 0 Å². The molecule has 0 aliphatic rings. The summed E-state index contributed by atoms with van der Waals surface area (Å²) in [6.07, 6.45) is 1.65. The summed E-state index contributed by atoms with van der Waals surface area (Å²) < 4.78 is 14.3. The highest BCUT2D eigenvalue weighted by molar-refractivity contribution is 5.43. The lowest BCUT2D eigenvalue weighted by Gasteiger charge is -2.19. The van der Waals surface area contributed by atoms with Crippen molar-refractivity contribution in [3.8, 4) is 0 Å². The Morgan fingerprint density at radius 1 is 1.21 bits per heavy atom. The van der Waals surface area contributed by atoms with E-state index in [1.54, 1.807) is 19.3 Å². The summed E-state index contributed by atoms with van der Waals surface area (Å²) >= 11 is 0. The molecular formula is C15H18FN3. The van der Waals surface area contributed by atoms with Crippen LogP contribution >= 0.6 is 0 Å². The molecule has 0 fully saturated rings. The number of anilines is 1. The van der Waals surface area contributed by atoms with Crippen molar-refractivity contribution in [2.45, 2.75) is 13.1 Å². The van der Waals surface area contributed by atoms with Gasteiger partial charge in [0, 0.05) is 31.9 Å². The van der Waals surface area contributed by atoms with Gasteiger partial charge >= 0.3 is 0 Å². The minimum absolute atomic E-state index is 0.254. The first-order valence-electron chi connectivity index (χ1n) is 6.25. The third kappa shape index (κ3) is 3.29. The number of benzene rings is 1. The molecule has 4 heteroatoms. The average Bonchev–Trinajstić information content (AvgIpc) is 2.42. The maximum absolute atomic E-state index is 14.3. The topological polar surface area (TPSA) is 28.2 Å². The third-order valence-electron chi connectivity index (χ3n) is 2.94. The summed E-state index contributed by atoms with van der Waals surface area (Å²) in [5.41, 5.74) is 1.76. The van der Waals surface area contributed by atoms with Crippen molar-refractivity contribution in [2.24, 2.45) is 0 Å². The number of aromatic nitrogens is 1. The molecule has 0 spiro atoms. The molecule has 0 aliphatic heterocycles. The van der Waals surface area contributed by atoms with Crippen molar-refractivity contribution in [2.75, 3.05) is 19.0 Å². The largest absolute Gasteiger partial charge is 0.353 e. The van der Waals surface area contributed by atoms with Crippen molar-refractivity contribution >= 4 is 5.82 Å². The molecule has 1 heterocycles. The smallest absolute Gasteiger partial charge is 0.170 e. The minimum atomic E-state index is -0.254. The summed E-state index contributed by atoms with van der Waals surface area (Å²) in [4.78, 5) is 5.96. The average molecular weight is 259 g/mol. The second kappa shape index (κ2) is 6.29. The van der Waals surface area contributed by atoms with Gasteiger partial charge in [-0.3, -0.25) is 0 Å². The molecule has 0 amide bonds. The van der Waals surface area contributed by atoms with E-state index in [-0.39, 0.29) is 5.82 Å². The fraction of sp³-hybridized carbons (Fsp3) is 0.267. The van der Waals surface area contributed by atoms with E-state index in [0.717, 1.165) is 5.56 Å². The van der Waals surface area contributed by atoms with Crippen LogP contribution in [0.25, 0.3) is 0 Å². The van der Waals surface area contributed by atoms with E-state index < -0.39 is 0 Å². The van der Waals surface area contributed by atoms with E-state index in [0.29, 0.717) is 24.5 Å². The maximum atomic E-state index is 14.3. The molecule has 0 radical (unpaired) electrons. The molecule has 0 unspecified atom stereocenters. The van der Waals surface area contributed by atoms with E-state index in [4.69, 9.17) is 0 Å². The molecule has 0 saturated carbocycles. The van der Waals surface area contributed by atoms with Gasteiger partial charge in [-0.2, -0.15) is 0 Å². The maximum Gasteiger partial charge on any atom is 0.170 e. The number of nitrogens with zero attached hydrogens (tertiary/aromatic N) is 2. The van der Waals surface area contributed by atoms with Crippen LogP contribution in [0.1, 0.15) is 11.1 Å². The summed E-state index contributed by atoms with van der Waals surface area (Å²) in [6, 6.07) is 11.7. The van der Waals surface area contributed by atoms with E-state index in [1.807, 2.05) is 42.3 Å². The normalized spacial score (nSPS) is 10.5. The molecule has 100 valence electrons. The molecule has 0 saturated heterocycles. The first kappa shape index (κ1) is 13.5. The van der Waals surface area contributed by atoms with Gasteiger partial charge in [0.2, 0.25) is 0 Å². The summed E-state index contributed by atoms with van der Waals surface area (Å²) in [6.45, 7) is 1.13. The Morgan fingerprint density at radius 3 is 2.63 bits per heavy atom. The molecule has 2 aromatic rings. The molecule has 3 nitrogen and oxygen atoms in total. The number of rotatable bonds is 5. The predicted octanol–water partition coefficient (Wildman–Crippen LogP) is 2.58. The molecule has 1 aromatic heterocycles. The van der Waals surface area contributed by atoms with Crippen LogP contribution in [0.2, 0.25) is 0 Å².